The topological polar surface area (TPSA) is 116 Å². The van der Waals surface area contributed by atoms with Crippen molar-refractivity contribution in [2.24, 2.45) is 5.73 Å². The van der Waals surface area contributed by atoms with Gasteiger partial charge in [0.05, 0.1) is 11.6 Å². The SMILES string of the molecule is C[C@H](N)c1ccccc1.C[C@H](NC(=O)c1ccc2c(c1)CCCN2)c1ccccc1.O=C(O)c1ccc2c(c1)CCCN2. The van der Waals surface area contributed by atoms with Gasteiger partial charge in [-0.1, -0.05) is 60.7 Å². The number of anilines is 2. The molecule has 2 atom stereocenters. The number of rotatable bonds is 5. The number of nitrogens with two attached hydrogens (primary N) is 1. The van der Waals surface area contributed by atoms with E-state index in [0.717, 1.165) is 66.8 Å². The molecule has 0 fully saturated rings. The number of hydrogen-bond acceptors (Lipinski definition) is 5. The maximum Gasteiger partial charge on any atom is 0.335 e. The van der Waals surface area contributed by atoms with Crippen LogP contribution in [0.1, 0.15) is 81.7 Å². The van der Waals surface area contributed by atoms with E-state index in [4.69, 9.17) is 10.8 Å². The maximum absolute atomic E-state index is 12.4. The van der Waals surface area contributed by atoms with Gasteiger partial charge in [-0.05, 0) is 98.2 Å². The Morgan fingerprint density at radius 3 is 1.70 bits per heavy atom. The fourth-order valence-electron chi connectivity index (χ4n) is 5.09. The number of hydrogen-bond donors (Lipinski definition) is 5. The zero-order valence-corrected chi connectivity index (χ0v) is 25.0. The Labute approximate surface area is 254 Å². The summed E-state index contributed by atoms with van der Waals surface area (Å²) in [4.78, 5) is 23.0. The lowest BCUT2D eigenvalue weighted by atomic mass is 10.00. The van der Waals surface area contributed by atoms with Gasteiger partial charge in [-0.15, -0.1) is 0 Å². The molecule has 4 aromatic carbocycles. The van der Waals surface area contributed by atoms with Crippen molar-refractivity contribution < 1.29 is 14.7 Å². The van der Waals surface area contributed by atoms with Crippen LogP contribution in [0, 0.1) is 0 Å². The first kappa shape index (κ1) is 31.3. The fourth-order valence-corrected chi connectivity index (χ4v) is 5.09. The van der Waals surface area contributed by atoms with Crippen LogP contribution in [0.4, 0.5) is 11.4 Å². The molecular weight excluding hydrogens is 536 g/mol. The molecule has 0 radical (unpaired) electrons. The second-order valence-corrected chi connectivity index (χ2v) is 10.9. The third-order valence-electron chi connectivity index (χ3n) is 7.57. The lowest BCUT2D eigenvalue weighted by molar-refractivity contribution is 0.0696. The summed E-state index contributed by atoms with van der Waals surface area (Å²) in [5.41, 5.74) is 13.6. The molecule has 6 rings (SSSR count). The number of aromatic carboxylic acids is 1. The Morgan fingerprint density at radius 2 is 1.21 bits per heavy atom. The summed E-state index contributed by atoms with van der Waals surface area (Å²) in [6.45, 7) is 5.99. The van der Waals surface area contributed by atoms with E-state index in [1.54, 1.807) is 12.1 Å². The van der Waals surface area contributed by atoms with Gasteiger partial charge >= 0.3 is 5.97 Å². The van der Waals surface area contributed by atoms with Crippen molar-refractivity contribution in [2.75, 3.05) is 23.7 Å². The van der Waals surface area contributed by atoms with Gasteiger partial charge in [0, 0.05) is 36.1 Å². The molecule has 2 aliphatic rings. The molecule has 0 spiro atoms. The monoisotopic (exact) mass is 578 g/mol. The van der Waals surface area contributed by atoms with Gasteiger partial charge in [0.2, 0.25) is 0 Å². The van der Waals surface area contributed by atoms with E-state index in [2.05, 4.69) is 16.0 Å². The summed E-state index contributed by atoms with van der Waals surface area (Å²) in [6.07, 6.45) is 4.22. The van der Waals surface area contributed by atoms with Crippen molar-refractivity contribution in [1.82, 2.24) is 5.32 Å². The summed E-state index contributed by atoms with van der Waals surface area (Å²) in [6, 6.07) is 31.4. The highest BCUT2D eigenvalue weighted by molar-refractivity contribution is 5.95. The van der Waals surface area contributed by atoms with Gasteiger partial charge in [-0.3, -0.25) is 4.79 Å². The third-order valence-corrected chi connectivity index (χ3v) is 7.57. The number of aryl methyl sites for hydroxylation is 2. The molecule has 0 bridgehead atoms. The first-order valence-corrected chi connectivity index (χ1v) is 14.9. The third kappa shape index (κ3) is 9.18. The fraction of sp³-hybridized carbons (Fsp3) is 0.278. The predicted octanol–water partition coefficient (Wildman–Crippen LogP) is 6.98. The normalized spacial score (nSPS) is 14.3. The van der Waals surface area contributed by atoms with Crippen LogP contribution in [0.2, 0.25) is 0 Å². The Kier molecular flexibility index (Phi) is 11.3. The molecule has 43 heavy (non-hydrogen) atoms. The van der Waals surface area contributed by atoms with E-state index >= 15 is 0 Å². The molecule has 0 unspecified atom stereocenters. The van der Waals surface area contributed by atoms with E-state index in [9.17, 15) is 9.59 Å². The molecule has 4 aromatic rings. The number of carbonyl (C=O) groups is 2. The predicted molar refractivity (Wildman–Crippen MR) is 175 cm³/mol. The highest BCUT2D eigenvalue weighted by Gasteiger charge is 2.15. The van der Waals surface area contributed by atoms with Crippen LogP contribution in [0.25, 0.3) is 0 Å². The molecule has 7 heteroatoms. The highest BCUT2D eigenvalue weighted by atomic mass is 16.4. The molecule has 2 aliphatic heterocycles. The number of carbonyl (C=O) groups excluding carboxylic acids is 1. The smallest absolute Gasteiger partial charge is 0.335 e. The average Bonchev–Trinajstić information content (AvgIpc) is 3.05. The molecule has 0 aromatic heterocycles. The van der Waals surface area contributed by atoms with Crippen LogP contribution in [0.15, 0.2) is 97.1 Å². The summed E-state index contributed by atoms with van der Waals surface area (Å²) < 4.78 is 0. The summed E-state index contributed by atoms with van der Waals surface area (Å²) in [5, 5.41) is 18.4. The van der Waals surface area contributed by atoms with Crippen LogP contribution in [-0.4, -0.2) is 30.1 Å². The standard InChI is InChI=1S/C18H20N2O.C10H11NO2.C8H11N/c1-13(14-6-3-2-4-7-14)20-18(21)16-9-10-17-15(12-16)8-5-11-19-17;12-10(13)8-3-4-9-7(6-8)2-1-5-11-9;1-7(9)8-5-3-2-4-6-8/h2-4,6-7,9-10,12-13,19H,5,8,11H2,1H3,(H,20,21);3-4,6,11H,1-2,5H2,(H,12,13);2-7H,9H2,1H3/t13-;;7-/m0.0/s1. The molecule has 2 heterocycles. The lowest BCUT2D eigenvalue weighted by Gasteiger charge is -2.19. The summed E-state index contributed by atoms with van der Waals surface area (Å²) in [5.74, 6) is -0.868. The van der Waals surface area contributed by atoms with Crippen LogP contribution in [0.5, 0.6) is 0 Å². The van der Waals surface area contributed by atoms with E-state index in [1.807, 2.05) is 98.8 Å². The minimum atomic E-state index is -0.853. The molecule has 0 aliphatic carbocycles. The number of amides is 1. The lowest BCUT2D eigenvalue weighted by Crippen LogP contribution is -2.27. The molecular formula is C36H42N4O3. The number of benzene rings is 4. The van der Waals surface area contributed by atoms with Crippen LogP contribution in [-0.2, 0) is 12.8 Å². The number of fused-ring (bicyclic) bond motifs is 2. The molecule has 1 amide bonds. The number of carboxylic acid groups (broad SMARTS) is 1. The summed E-state index contributed by atoms with van der Waals surface area (Å²) >= 11 is 0. The van der Waals surface area contributed by atoms with Crippen LogP contribution in [0.3, 0.4) is 0 Å². The second-order valence-electron chi connectivity index (χ2n) is 10.9. The van der Waals surface area contributed by atoms with Gasteiger partial charge < -0.3 is 26.8 Å². The Morgan fingerprint density at radius 1 is 0.721 bits per heavy atom. The summed E-state index contributed by atoms with van der Waals surface area (Å²) in [7, 11) is 0. The van der Waals surface area contributed by atoms with Crippen molar-refractivity contribution >= 4 is 23.3 Å². The van der Waals surface area contributed by atoms with Gasteiger partial charge in [0.1, 0.15) is 0 Å². The van der Waals surface area contributed by atoms with E-state index < -0.39 is 5.97 Å². The molecule has 7 nitrogen and oxygen atoms in total. The van der Waals surface area contributed by atoms with E-state index in [-0.39, 0.29) is 18.0 Å². The van der Waals surface area contributed by atoms with Gasteiger partial charge in [0.15, 0.2) is 0 Å². The molecule has 224 valence electrons. The Balaban J connectivity index is 0.000000163. The van der Waals surface area contributed by atoms with Crippen LogP contribution >= 0.6 is 0 Å². The Bertz CT molecular complexity index is 1490. The second kappa shape index (κ2) is 15.6. The van der Waals surface area contributed by atoms with Gasteiger partial charge in [-0.2, -0.15) is 0 Å². The molecule has 0 saturated heterocycles. The van der Waals surface area contributed by atoms with Gasteiger partial charge in [0.25, 0.3) is 5.91 Å². The first-order chi connectivity index (χ1) is 20.8. The zero-order chi connectivity index (χ0) is 30.6. The minimum Gasteiger partial charge on any atom is -0.478 e. The number of nitrogens with one attached hydrogen (secondary N) is 3. The Hall–Kier alpha value is -4.62. The van der Waals surface area contributed by atoms with E-state index in [0.29, 0.717) is 5.56 Å². The van der Waals surface area contributed by atoms with E-state index in [1.165, 1.54) is 11.1 Å². The minimum absolute atomic E-state index is 0.00728. The molecule has 6 N–H and O–H groups in total. The maximum atomic E-state index is 12.4. The molecule has 0 saturated carbocycles. The van der Waals surface area contributed by atoms with Crippen LogP contribution < -0.4 is 21.7 Å². The zero-order valence-electron chi connectivity index (χ0n) is 25.0. The van der Waals surface area contributed by atoms with Gasteiger partial charge in [-0.25, -0.2) is 4.79 Å². The van der Waals surface area contributed by atoms with Crippen molar-refractivity contribution in [3.8, 4) is 0 Å². The highest BCUT2D eigenvalue weighted by Crippen LogP contribution is 2.24. The van der Waals surface area contributed by atoms with Crippen molar-refractivity contribution in [3.05, 3.63) is 130 Å². The average molecular weight is 579 g/mol. The largest absolute Gasteiger partial charge is 0.478 e. The van der Waals surface area contributed by atoms with Crippen molar-refractivity contribution in [3.63, 3.8) is 0 Å². The first-order valence-electron chi connectivity index (χ1n) is 14.9. The quantitative estimate of drug-likeness (QED) is 0.174. The van der Waals surface area contributed by atoms with Crippen molar-refractivity contribution in [1.29, 1.82) is 0 Å². The van der Waals surface area contributed by atoms with Crippen molar-refractivity contribution in [2.45, 2.75) is 51.6 Å². The number of carboxylic acids is 1.